The molecule has 0 saturated heterocycles. The van der Waals surface area contributed by atoms with Crippen LogP contribution < -0.4 is 10.1 Å². The highest BCUT2D eigenvalue weighted by Crippen LogP contribution is 2.29. The number of alkyl halides is 2. The second kappa shape index (κ2) is 7.02. The molecule has 112 valence electrons. The molecule has 21 heavy (non-hydrogen) atoms. The molecule has 0 aliphatic heterocycles. The van der Waals surface area contributed by atoms with Gasteiger partial charge in [0.15, 0.2) is 6.67 Å². The first kappa shape index (κ1) is 15.2. The largest absolute Gasteiger partial charge is 0.497 e. The van der Waals surface area contributed by atoms with E-state index in [2.05, 4.69) is 5.32 Å². The number of benzene rings is 2. The van der Waals surface area contributed by atoms with Gasteiger partial charge in [0.1, 0.15) is 5.75 Å². The van der Waals surface area contributed by atoms with Crippen molar-refractivity contribution in [3.05, 3.63) is 42.0 Å². The Morgan fingerprint density at radius 3 is 2.76 bits per heavy atom. The summed E-state index contributed by atoms with van der Waals surface area (Å²) in [6, 6.07) is 11.1. The van der Waals surface area contributed by atoms with Crippen molar-refractivity contribution in [2.45, 2.75) is 5.92 Å². The van der Waals surface area contributed by atoms with Crippen LogP contribution in [0.1, 0.15) is 11.5 Å². The van der Waals surface area contributed by atoms with Crippen LogP contribution in [-0.4, -0.2) is 32.9 Å². The molecule has 0 bridgehead atoms. The monoisotopic (exact) mass is 293 g/mol. The molecule has 2 aromatic rings. The fourth-order valence-corrected chi connectivity index (χ4v) is 2.29. The normalized spacial score (nSPS) is 12.1. The van der Waals surface area contributed by atoms with Crippen LogP contribution in [0, 0.1) is 0 Å². The van der Waals surface area contributed by atoms with Crippen molar-refractivity contribution < 1.29 is 18.3 Å². The van der Waals surface area contributed by atoms with Crippen molar-refractivity contribution in [2.75, 3.05) is 27.0 Å². The van der Waals surface area contributed by atoms with E-state index in [1.807, 2.05) is 36.4 Å². The van der Waals surface area contributed by atoms with Crippen LogP contribution in [-0.2, 0) is 4.79 Å². The fraction of sp³-hybridized carbons (Fsp3) is 0.312. The predicted octanol–water partition coefficient (Wildman–Crippen LogP) is 2.99. The van der Waals surface area contributed by atoms with Gasteiger partial charge in [0, 0.05) is 12.5 Å². The minimum Gasteiger partial charge on any atom is -0.497 e. The van der Waals surface area contributed by atoms with E-state index in [1.54, 1.807) is 7.11 Å². The summed E-state index contributed by atoms with van der Waals surface area (Å²) < 4.78 is 30.7. The minimum absolute atomic E-state index is 0.0651. The van der Waals surface area contributed by atoms with Crippen LogP contribution in [0.5, 0.6) is 5.75 Å². The maximum Gasteiger partial charge on any atom is 0.251 e. The van der Waals surface area contributed by atoms with Gasteiger partial charge in [-0.3, -0.25) is 9.18 Å². The maximum absolute atomic E-state index is 13.3. The average Bonchev–Trinajstić information content (AvgIpc) is 2.54. The first-order valence-corrected chi connectivity index (χ1v) is 6.65. The molecule has 0 fully saturated rings. The van der Waals surface area contributed by atoms with E-state index in [9.17, 15) is 13.6 Å². The minimum atomic E-state index is -1.09. The lowest BCUT2D eigenvalue weighted by atomic mass is 9.94. The number of rotatable bonds is 6. The number of hydrogen-bond acceptors (Lipinski definition) is 2. The number of hydrogen-bond donors (Lipinski definition) is 1. The van der Waals surface area contributed by atoms with Crippen LogP contribution >= 0.6 is 0 Å². The zero-order chi connectivity index (χ0) is 15.2. The summed E-state index contributed by atoms with van der Waals surface area (Å²) in [4.78, 5) is 11.0. The average molecular weight is 293 g/mol. The number of fused-ring (bicyclic) bond motifs is 1. The summed E-state index contributed by atoms with van der Waals surface area (Å²) in [5.74, 6) is -0.567. The van der Waals surface area contributed by atoms with Crippen LogP contribution in [0.2, 0.25) is 0 Å². The summed E-state index contributed by atoms with van der Waals surface area (Å²) >= 11 is 0. The number of amides is 1. The summed E-state index contributed by atoms with van der Waals surface area (Å²) in [5, 5.41) is 4.22. The molecule has 0 aromatic heterocycles. The SMILES string of the molecule is COc1ccc2cccc(C(CF)CNC(=O)CF)c2c1. The van der Waals surface area contributed by atoms with E-state index in [-0.39, 0.29) is 6.54 Å². The first-order valence-electron chi connectivity index (χ1n) is 6.65. The van der Waals surface area contributed by atoms with Crippen molar-refractivity contribution >= 4 is 16.7 Å². The summed E-state index contributed by atoms with van der Waals surface area (Å²) in [6.07, 6.45) is 0. The van der Waals surface area contributed by atoms with E-state index in [0.717, 1.165) is 16.3 Å². The molecule has 2 rings (SSSR count). The Balaban J connectivity index is 2.35. The van der Waals surface area contributed by atoms with Gasteiger partial charge in [0.2, 0.25) is 0 Å². The molecule has 0 heterocycles. The van der Waals surface area contributed by atoms with Crippen molar-refractivity contribution in [3.63, 3.8) is 0 Å². The van der Waals surface area contributed by atoms with Gasteiger partial charge >= 0.3 is 0 Å². The molecule has 5 heteroatoms. The number of ether oxygens (including phenoxy) is 1. The molecule has 3 nitrogen and oxygen atoms in total. The molecule has 1 N–H and O–H groups in total. The Hall–Kier alpha value is -2.17. The van der Waals surface area contributed by atoms with Crippen LogP contribution in [0.25, 0.3) is 10.8 Å². The van der Waals surface area contributed by atoms with Gasteiger partial charge < -0.3 is 10.1 Å². The van der Waals surface area contributed by atoms with Crippen molar-refractivity contribution in [1.82, 2.24) is 5.32 Å². The quantitative estimate of drug-likeness (QED) is 0.889. The number of methoxy groups -OCH3 is 1. The molecule has 0 spiro atoms. The Kier molecular flexibility index (Phi) is 5.09. The van der Waals surface area contributed by atoms with Crippen LogP contribution in [0.3, 0.4) is 0 Å². The lowest BCUT2D eigenvalue weighted by Crippen LogP contribution is -2.30. The lowest BCUT2D eigenvalue weighted by molar-refractivity contribution is -0.122. The summed E-state index contributed by atoms with van der Waals surface area (Å²) in [6.45, 7) is -1.67. The zero-order valence-electron chi connectivity index (χ0n) is 11.7. The second-order valence-corrected chi connectivity index (χ2v) is 4.72. The zero-order valence-corrected chi connectivity index (χ0v) is 11.7. The highest BCUT2D eigenvalue weighted by Gasteiger charge is 2.16. The van der Waals surface area contributed by atoms with Crippen molar-refractivity contribution in [1.29, 1.82) is 0 Å². The van der Waals surface area contributed by atoms with E-state index in [4.69, 9.17) is 4.74 Å². The van der Waals surface area contributed by atoms with Crippen molar-refractivity contribution in [2.24, 2.45) is 0 Å². The van der Waals surface area contributed by atoms with Crippen LogP contribution in [0.4, 0.5) is 8.78 Å². The summed E-state index contributed by atoms with van der Waals surface area (Å²) in [7, 11) is 1.57. The van der Waals surface area contributed by atoms with Gasteiger partial charge in [-0.15, -0.1) is 0 Å². The lowest BCUT2D eigenvalue weighted by Gasteiger charge is -2.17. The third-order valence-corrected chi connectivity index (χ3v) is 3.42. The molecular weight excluding hydrogens is 276 g/mol. The third kappa shape index (κ3) is 3.48. The van der Waals surface area contributed by atoms with E-state index in [1.165, 1.54) is 0 Å². The molecule has 1 unspecified atom stereocenters. The standard InChI is InChI=1S/C16H17F2NO2/c1-21-13-6-5-11-3-2-4-14(15(11)7-13)12(8-17)10-19-16(20)9-18/h2-7,12H,8-10H2,1H3,(H,19,20). The van der Waals surface area contributed by atoms with E-state index < -0.39 is 25.2 Å². The number of halogens is 2. The Bertz CT molecular complexity index is 631. The number of nitrogens with one attached hydrogen (secondary N) is 1. The van der Waals surface area contributed by atoms with Crippen LogP contribution in [0.15, 0.2) is 36.4 Å². The van der Waals surface area contributed by atoms with Gasteiger partial charge in [-0.2, -0.15) is 0 Å². The van der Waals surface area contributed by atoms with E-state index in [0.29, 0.717) is 5.75 Å². The highest BCUT2D eigenvalue weighted by molar-refractivity contribution is 5.87. The molecule has 1 amide bonds. The van der Waals surface area contributed by atoms with Gasteiger partial charge in [0.25, 0.3) is 5.91 Å². The molecule has 2 aromatic carbocycles. The molecule has 0 aliphatic carbocycles. The first-order chi connectivity index (χ1) is 10.2. The Labute approximate surface area is 121 Å². The third-order valence-electron chi connectivity index (χ3n) is 3.42. The molecule has 0 saturated carbocycles. The molecule has 1 atom stereocenters. The summed E-state index contributed by atoms with van der Waals surface area (Å²) in [5.41, 5.74) is 0.771. The number of carbonyl (C=O) groups is 1. The van der Waals surface area contributed by atoms with Gasteiger partial charge in [0.05, 0.1) is 13.8 Å². The predicted molar refractivity (Wildman–Crippen MR) is 78.2 cm³/mol. The molecule has 0 aliphatic rings. The van der Waals surface area contributed by atoms with Crippen molar-refractivity contribution in [3.8, 4) is 5.75 Å². The fourth-order valence-electron chi connectivity index (χ4n) is 2.29. The van der Waals surface area contributed by atoms with Gasteiger partial charge in [-0.1, -0.05) is 24.3 Å². The van der Waals surface area contributed by atoms with Gasteiger partial charge in [-0.05, 0) is 28.5 Å². The van der Waals surface area contributed by atoms with E-state index >= 15 is 0 Å². The number of carbonyl (C=O) groups excluding carboxylic acids is 1. The smallest absolute Gasteiger partial charge is 0.251 e. The Morgan fingerprint density at radius 2 is 2.10 bits per heavy atom. The topological polar surface area (TPSA) is 38.3 Å². The highest BCUT2D eigenvalue weighted by atomic mass is 19.1. The maximum atomic E-state index is 13.3. The Morgan fingerprint density at radius 1 is 1.29 bits per heavy atom. The second-order valence-electron chi connectivity index (χ2n) is 4.72. The molecular formula is C16H17F2NO2. The molecule has 0 radical (unpaired) electrons. The van der Waals surface area contributed by atoms with Gasteiger partial charge in [-0.25, -0.2) is 4.39 Å².